The first-order valence-corrected chi connectivity index (χ1v) is 6.14. The van der Waals surface area contributed by atoms with Gasteiger partial charge in [0.1, 0.15) is 5.75 Å². The highest BCUT2D eigenvalue weighted by molar-refractivity contribution is 5.33. The second-order valence-electron chi connectivity index (χ2n) is 4.79. The van der Waals surface area contributed by atoms with E-state index in [-0.39, 0.29) is 0 Å². The van der Waals surface area contributed by atoms with E-state index in [9.17, 15) is 0 Å². The van der Waals surface area contributed by atoms with Crippen molar-refractivity contribution in [1.29, 1.82) is 0 Å². The number of benzene rings is 1. The summed E-state index contributed by atoms with van der Waals surface area (Å²) in [6.45, 7) is 5.81. The molecule has 1 atom stereocenters. The maximum Gasteiger partial charge on any atom is 0.123 e. The fourth-order valence-corrected chi connectivity index (χ4v) is 2.50. The smallest absolute Gasteiger partial charge is 0.123 e. The first-order chi connectivity index (χ1) is 7.79. The van der Waals surface area contributed by atoms with Gasteiger partial charge in [0.2, 0.25) is 0 Å². The van der Waals surface area contributed by atoms with Crippen molar-refractivity contribution >= 4 is 0 Å². The molecule has 0 bridgehead atoms. The fourth-order valence-electron chi connectivity index (χ4n) is 2.50. The molecule has 88 valence electrons. The van der Waals surface area contributed by atoms with Crippen LogP contribution in [0.5, 0.6) is 5.75 Å². The molecule has 0 saturated carbocycles. The Kier molecular flexibility index (Phi) is 3.83. The second-order valence-corrected chi connectivity index (χ2v) is 4.79. The average molecular weight is 219 g/mol. The predicted octanol–water partition coefficient (Wildman–Crippen LogP) is 2.93. The van der Waals surface area contributed by atoms with Crippen molar-refractivity contribution in [2.45, 2.75) is 26.3 Å². The summed E-state index contributed by atoms with van der Waals surface area (Å²) in [5.74, 6) is 1.85. The summed E-state index contributed by atoms with van der Waals surface area (Å²) < 4.78 is 5.39. The van der Waals surface area contributed by atoms with E-state index in [1.54, 1.807) is 7.11 Å². The number of likely N-dealkylation sites (tertiary alicyclic amines) is 1. The molecule has 1 heterocycles. The van der Waals surface area contributed by atoms with E-state index in [4.69, 9.17) is 4.74 Å². The lowest BCUT2D eigenvalue weighted by Crippen LogP contribution is -2.33. The Morgan fingerprint density at radius 1 is 1.38 bits per heavy atom. The Hall–Kier alpha value is -1.02. The maximum atomic E-state index is 5.39. The number of hydrogen-bond donors (Lipinski definition) is 0. The van der Waals surface area contributed by atoms with Gasteiger partial charge in [-0.15, -0.1) is 0 Å². The van der Waals surface area contributed by atoms with Gasteiger partial charge in [-0.2, -0.15) is 0 Å². The number of rotatable bonds is 3. The molecule has 16 heavy (non-hydrogen) atoms. The molecule has 1 aliphatic heterocycles. The molecule has 0 aromatic heterocycles. The second kappa shape index (κ2) is 5.35. The van der Waals surface area contributed by atoms with Crippen LogP contribution in [0.1, 0.15) is 25.3 Å². The van der Waals surface area contributed by atoms with E-state index in [2.05, 4.69) is 24.0 Å². The number of hydrogen-bond acceptors (Lipinski definition) is 2. The van der Waals surface area contributed by atoms with Crippen LogP contribution in [0.4, 0.5) is 0 Å². The zero-order valence-corrected chi connectivity index (χ0v) is 10.3. The highest BCUT2D eigenvalue weighted by Crippen LogP contribution is 2.22. The van der Waals surface area contributed by atoms with Crippen LogP contribution in [0.25, 0.3) is 0 Å². The summed E-state index contributed by atoms with van der Waals surface area (Å²) in [5.41, 5.74) is 1.30. The molecule has 0 amide bonds. The third-order valence-electron chi connectivity index (χ3n) is 3.33. The van der Waals surface area contributed by atoms with Gasteiger partial charge in [0, 0.05) is 18.7 Å². The Labute approximate surface area is 98.2 Å². The summed E-state index contributed by atoms with van der Waals surface area (Å²) in [6, 6.07) is 8.33. The average Bonchev–Trinajstić information content (AvgIpc) is 2.30. The molecule has 0 aliphatic carbocycles. The van der Waals surface area contributed by atoms with Crippen molar-refractivity contribution in [3.05, 3.63) is 29.8 Å². The van der Waals surface area contributed by atoms with Crippen LogP contribution < -0.4 is 4.74 Å². The van der Waals surface area contributed by atoms with Gasteiger partial charge in [-0.25, -0.2) is 0 Å². The van der Waals surface area contributed by atoms with Crippen LogP contribution in [0.2, 0.25) is 0 Å². The molecule has 1 saturated heterocycles. The van der Waals surface area contributed by atoms with E-state index in [0.717, 1.165) is 18.2 Å². The molecule has 1 aromatic rings. The van der Waals surface area contributed by atoms with Gasteiger partial charge in [-0.05, 0) is 31.4 Å². The molecule has 1 unspecified atom stereocenters. The number of piperidine rings is 1. The van der Waals surface area contributed by atoms with E-state index in [0.29, 0.717) is 0 Å². The van der Waals surface area contributed by atoms with Crippen LogP contribution in [0.3, 0.4) is 0 Å². The topological polar surface area (TPSA) is 12.5 Å². The van der Waals surface area contributed by atoms with Crippen molar-refractivity contribution in [2.24, 2.45) is 5.92 Å². The summed E-state index contributed by atoms with van der Waals surface area (Å²) in [6.07, 6.45) is 2.71. The first kappa shape index (κ1) is 11.5. The standard InChI is InChI=1S/C14H21NO/c1-12-6-5-9-15(10-12)11-13-7-3-4-8-14(13)16-2/h3-4,7-8,12H,5-6,9-11H2,1-2H3. The number of methoxy groups -OCH3 is 1. The van der Waals surface area contributed by atoms with Crippen molar-refractivity contribution in [2.75, 3.05) is 20.2 Å². The molecule has 2 heteroatoms. The van der Waals surface area contributed by atoms with Crippen molar-refractivity contribution in [3.63, 3.8) is 0 Å². The molecule has 1 aliphatic rings. The van der Waals surface area contributed by atoms with Crippen LogP contribution in [0, 0.1) is 5.92 Å². The minimum Gasteiger partial charge on any atom is -0.496 e. The molecule has 1 fully saturated rings. The van der Waals surface area contributed by atoms with E-state index in [1.165, 1.54) is 31.5 Å². The Balaban J connectivity index is 2.02. The Bertz CT molecular complexity index is 337. The first-order valence-electron chi connectivity index (χ1n) is 6.14. The van der Waals surface area contributed by atoms with E-state index >= 15 is 0 Å². The molecule has 0 N–H and O–H groups in total. The normalized spacial score (nSPS) is 22.0. The van der Waals surface area contributed by atoms with Gasteiger partial charge in [0.25, 0.3) is 0 Å². The molecular formula is C14H21NO. The minimum absolute atomic E-state index is 0.837. The van der Waals surface area contributed by atoms with Gasteiger partial charge < -0.3 is 4.74 Å². The number of nitrogens with zero attached hydrogens (tertiary/aromatic N) is 1. The maximum absolute atomic E-state index is 5.39. The lowest BCUT2D eigenvalue weighted by Gasteiger charge is -2.31. The summed E-state index contributed by atoms with van der Waals surface area (Å²) in [5, 5.41) is 0. The van der Waals surface area contributed by atoms with Crippen molar-refractivity contribution < 1.29 is 4.74 Å². The van der Waals surface area contributed by atoms with Crippen molar-refractivity contribution in [1.82, 2.24) is 4.90 Å². The molecule has 0 radical (unpaired) electrons. The van der Waals surface area contributed by atoms with Crippen LogP contribution in [-0.4, -0.2) is 25.1 Å². The highest BCUT2D eigenvalue weighted by Gasteiger charge is 2.17. The largest absolute Gasteiger partial charge is 0.496 e. The number of para-hydroxylation sites is 1. The third-order valence-corrected chi connectivity index (χ3v) is 3.33. The van der Waals surface area contributed by atoms with Gasteiger partial charge in [0.05, 0.1) is 7.11 Å². The van der Waals surface area contributed by atoms with Gasteiger partial charge in [-0.3, -0.25) is 4.90 Å². The summed E-state index contributed by atoms with van der Waals surface area (Å²) >= 11 is 0. The Morgan fingerprint density at radius 3 is 2.94 bits per heavy atom. The third kappa shape index (κ3) is 2.76. The molecular weight excluding hydrogens is 198 g/mol. The lowest BCUT2D eigenvalue weighted by molar-refractivity contribution is 0.175. The number of ether oxygens (including phenoxy) is 1. The van der Waals surface area contributed by atoms with Crippen molar-refractivity contribution in [3.8, 4) is 5.75 Å². The Morgan fingerprint density at radius 2 is 2.19 bits per heavy atom. The molecule has 2 nitrogen and oxygen atoms in total. The predicted molar refractivity (Wildman–Crippen MR) is 66.7 cm³/mol. The van der Waals surface area contributed by atoms with Gasteiger partial charge in [0.15, 0.2) is 0 Å². The monoisotopic (exact) mass is 219 g/mol. The highest BCUT2D eigenvalue weighted by atomic mass is 16.5. The zero-order valence-electron chi connectivity index (χ0n) is 10.3. The summed E-state index contributed by atoms with van der Waals surface area (Å²) in [7, 11) is 1.75. The quantitative estimate of drug-likeness (QED) is 0.775. The lowest BCUT2D eigenvalue weighted by atomic mass is 10.00. The summed E-state index contributed by atoms with van der Waals surface area (Å²) in [4.78, 5) is 2.53. The molecule has 1 aromatic carbocycles. The zero-order chi connectivity index (χ0) is 11.4. The molecule has 0 spiro atoms. The van der Waals surface area contributed by atoms with Gasteiger partial charge in [-0.1, -0.05) is 25.1 Å². The van der Waals surface area contributed by atoms with Crippen LogP contribution in [0.15, 0.2) is 24.3 Å². The van der Waals surface area contributed by atoms with Crippen LogP contribution in [-0.2, 0) is 6.54 Å². The van der Waals surface area contributed by atoms with E-state index < -0.39 is 0 Å². The van der Waals surface area contributed by atoms with Gasteiger partial charge >= 0.3 is 0 Å². The molecule has 2 rings (SSSR count). The van der Waals surface area contributed by atoms with Crippen LogP contribution >= 0.6 is 0 Å². The van der Waals surface area contributed by atoms with E-state index in [1.807, 2.05) is 12.1 Å². The fraction of sp³-hybridized carbons (Fsp3) is 0.571. The SMILES string of the molecule is COc1ccccc1CN1CCCC(C)C1. The minimum atomic E-state index is 0.837.